The number of hydrogen-bond donors (Lipinski definition) is 1. The second-order valence-electron chi connectivity index (χ2n) is 4.80. The van der Waals surface area contributed by atoms with Crippen molar-refractivity contribution in [2.75, 3.05) is 0 Å². The lowest BCUT2D eigenvalue weighted by molar-refractivity contribution is 0.649. The zero-order chi connectivity index (χ0) is 15.1. The highest BCUT2D eigenvalue weighted by Crippen LogP contribution is 2.31. The first-order valence-electron chi connectivity index (χ1n) is 6.32. The van der Waals surface area contributed by atoms with Crippen molar-refractivity contribution in [1.82, 2.24) is 9.55 Å². The zero-order valence-electron chi connectivity index (χ0n) is 11.0. The van der Waals surface area contributed by atoms with Crippen LogP contribution in [0.25, 0.3) is 11.0 Å². The Hall–Kier alpha value is -1.00. The Balaban J connectivity index is 2.19. The number of H-pyrrole nitrogens is 1. The van der Waals surface area contributed by atoms with Gasteiger partial charge in [-0.15, -0.1) is 0 Å². The van der Waals surface area contributed by atoms with Gasteiger partial charge in [-0.1, -0.05) is 40.9 Å². The summed E-state index contributed by atoms with van der Waals surface area (Å²) in [6.45, 7) is 2.05. The fourth-order valence-corrected chi connectivity index (χ4v) is 3.57. The fourth-order valence-electron chi connectivity index (χ4n) is 2.47. The molecule has 0 amide bonds. The third-order valence-corrected chi connectivity index (χ3v) is 4.57. The highest BCUT2D eigenvalue weighted by atomic mass is 35.5. The van der Waals surface area contributed by atoms with Gasteiger partial charge in [0.15, 0.2) is 4.77 Å². The van der Waals surface area contributed by atoms with E-state index in [0.717, 1.165) is 16.6 Å². The predicted octanol–water partition coefficient (Wildman–Crippen LogP) is 6.27. The van der Waals surface area contributed by atoms with Crippen LogP contribution in [-0.2, 0) is 0 Å². The molecule has 3 rings (SSSR count). The Bertz CT molecular complexity index is 882. The molecule has 1 aromatic heterocycles. The van der Waals surface area contributed by atoms with Crippen LogP contribution in [0.2, 0.25) is 15.1 Å². The summed E-state index contributed by atoms with van der Waals surface area (Å²) in [4.78, 5) is 3.17. The molecule has 1 N–H and O–H groups in total. The Kier molecular flexibility index (Phi) is 4.02. The summed E-state index contributed by atoms with van der Waals surface area (Å²) in [6.07, 6.45) is 0. The van der Waals surface area contributed by atoms with E-state index in [4.69, 9.17) is 47.0 Å². The summed E-state index contributed by atoms with van der Waals surface area (Å²) in [6, 6.07) is 11.1. The molecule has 108 valence electrons. The smallest absolute Gasteiger partial charge is 0.178 e. The number of hydrogen-bond acceptors (Lipinski definition) is 1. The minimum Gasteiger partial charge on any atom is -0.331 e. The van der Waals surface area contributed by atoms with Crippen LogP contribution in [0, 0.1) is 4.77 Å². The van der Waals surface area contributed by atoms with Crippen molar-refractivity contribution < 1.29 is 0 Å². The van der Waals surface area contributed by atoms with Crippen molar-refractivity contribution in [3.8, 4) is 0 Å². The lowest BCUT2D eigenvalue weighted by atomic mass is 10.1. The minimum absolute atomic E-state index is 0.0165. The summed E-state index contributed by atoms with van der Waals surface area (Å²) in [5, 5.41) is 1.91. The third kappa shape index (κ3) is 2.71. The van der Waals surface area contributed by atoms with Crippen LogP contribution in [0.15, 0.2) is 36.4 Å². The minimum atomic E-state index is -0.0165. The lowest BCUT2D eigenvalue weighted by Crippen LogP contribution is -2.07. The highest BCUT2D eigenvalue weighted by Gasteiger charge is 2.16. The van der Waals surface area contributed by atoms with E-state index in [9.17, 15) is 0 Å². The third-order valence-electron chi connectivity index (χ3n) is 3.48. The maximum atomic E-state index is 6.31. The van der Waals surface area contributed by atoms with Gasteiger partial charge in [0.25, 0.3) is 0 Å². The Morgan fingerprint density at radius 2 is 1.71 bits per heavy atom. The maximum absolute atomic E-state index is 6.31. The molecule has 0 fully saturated rings. The molecule has 0 saturated carbocycles. The SMILES string of the molecule is CC(c1ccc(Cl)cc1Cl)n1c(=S)[nH]c2cc(Cl)ccc21. The number of benzene rings is 2. The molecule has 21 heavy (non-hydrogen) atoms. The average molecular weight is 358 g/mol. The van der Waals surface area contributed by atoms with E-state index in [0.29, 0.717) is 19.8 Å². The van der Waals surface area contributed by atoms with Gasteiger partial charge in [-0.05, 0) is 55.0 Å². The van der Waals surface area contributed by atoms with Crippen LogP contribution >= 0.6 is 47.0 Å². The van der Waals surface area contributed by atoms with Gasteiger partial charge in [0.2, 0.25) is 0 Å². The molecule has 6 heteroatoms. The molecule has 2 nitrogen and oxygen atoms in total. The van der Waals surface area contributed by atoms with Crippen LogP contribution in [0.3, 0.4) is 0 Å². The second kappa shape index (κ2) is 5.65. The van der Waals surface area contributed by atoms with Gasteiger partial charge in [-0.25, -0.2) is 0 Å². The van der Waals surface area contributed by atoms with Gasteiger partial charge >= 0.3 is 0 Å². The normalized spacial score (nSPS) is 12.8. The molecule has 1 heterocycles. The first-order valence-corrected chi connectivity index (χ1v) is 7.86. The van der Waals surface area contributed by atoms with Gasteiger partial charge in [0, 0.05) is 15.1 Å². The molecule has 3 aromatic rings. The number of aromatic nitrogens is 2. The Morgan fingerprint density at radius 3 is 2.43 bits per heavy atom. The maximum Gasteiger partial charge on any atom is 0.178 e. The largest absolute Gasteiger partial charge is 0.331 e. The van der Waals surface area contributed by atoms with Gasteiger partial charge < -0.3 is 9.55 Å². The number of imidazole rings is 1. The predicted molar refractivity (Wildman–Crippen MR) is 92.4 cm³/mol. The monoisotopic (exact) mass is 356 g/mol. The molecular weight excluding hydrogens is 347 g/mol. The van der Waals surface area contributed by atoms with E-state index < -0.39 is 0 Å². The van der Waals surface area contributed by atoms with Crippen molar-refractivity contribution >= 4 is 58.1 Å². The number of halogens is 3. The molecule has 0 saturated heterocycles. The van der Waals surface area contributed by atoms with Gasteiger partial charge in [0.1, 0.15) is 0 Å². The van der Waals surface area contributed by atoms with E-state index >= 15 is 0 Å². The topological polar surface area (TPSA) is 20.7 Å². The highest BCUT2D eigenvalue weighted by molar-refractivity contribution is 7.71. The van der Waals surface area contributed by atoms with Crippen LogP contribution in [0.4, 0.5) is 0 Å². The number of fused-ring (bicyclic) bond motifs is 1. The Labute approximate surface area is 142 Å². The first-order chi connectivity index (χ1) is 9.97. The van der Waals surface area contributed by atoms with Gasteiger partial charge in [-0.2, -0.15) is 0 Å². The van der Waals surface area contributed by atoms with E-state index in [1.165, 1.54) is 0 Å². The van der Waals surface area contributed by atoms with E-state index in [2.05, 4.69) is 4.98 Å². The summed E-state index contributed by atoms with van der Waals surface area (Å²) in [5.41, 5.74) is 2.86. The number of nitrogens with one attached hydrogen (secondary N) is 1. The molecule has 1 unspecified atom stereocenters. The van der Waals surface area contributed by atoms with Crippen molar-refractivity contribution in [3.05, 3.63) is 61.8 Å². The summed E-state index contributed by atoms with van der Waals surface area (Å²) in [7, 11) is 0. The first kappa shape index (κ1) is 14.9. The number of rotatable bonds is 2. The lowest BCUT2D eigenvalue weighted by Gasteiger charge is -2.17. The second-order valence-corrected chi connectivity index (χ2v) is 6.47. The van der Waals surface area contributed by atoms with Crippen LogP contribution in [0.1, 0.15) is 18.5 Å². The van der Waals surface area contributed by atoms with E-state index in [1.54, 1.807) is 6.07 Å². The van der Waals surface area contributed by atoms with Crippen LogP contribution in [0.5, 0.6) is 0 Å². The van der Waals surface area contributed by atoms with Gasteiger partial charge in [-0.3, -0.25) is 0 Å². The van der Waals surface area contributed by atoms with Crippen molar-refractivity contribution in [3.63, 3.8) is 0 Å². The average Bonchev–Trinajstić information content (AvgIpc) is 2.73. The number of aromatic amines is 1. The number of nitrogens with zero attached hydrogens (tertiary/aromatic N) is 1. The Morgan fingerprint density at radius 1 is 1.05 bits per heavy atom. The van der Waals surface area contributed by atoms with E-state index in [1.807, 2.05) is 41.8 Å². The molecule has 0 bridgehead atoms. The summed E-state index contributed by atoms with van der Waals surface area (Å²) < 4.78 is 2.65. The van der Waals surface area contributed by atoms with E-state index in [-0.39, 0.29) is 6.04 Å². The fraction of sp³-hybridized carbons (Fsp3) is 0.133. The molecular formula is C15H11Cl3N2S. The standard InChI is InChI=1S/C15H11Cl3N2S/c1-8(11-4-2-9(16)6-12(11)18)20-14-5-3-10(17)7-13(14)19-15(20)21/h2-8H,1H3,(H,19,21). The van der Waals surface area contributed by atoms with Crippen molar-refractivity contribution in [1.29, 1.82) is 0 Å². The molecule has 0 aliphatic carbocycles. The zero-order valence-corrected chi connectivity index (χ0v) is 14.1. The van der Waals surface area contributed by atoms with Crippen molar-refractivity contribution in [2.24, 2.45) is 0 Å². The van der Waals surface area contributed by atoms with Crippen molar-refractivity contribution in [2.45, 2.75) is 13.0 Å². The van der Waals surface area contributed by atoms with Crippen LogP contribution in [-0.4, -0.2) is 9.55 Å². The molecule has 1 atom stereocenters. The molecule has 0 radical (unpaired) electrons. The van der Waals surface area contributed by atoms with Gasteiger partial charge in [0.05, 0.1) is 17.1 Å². The quantitative estimate of drug-likeness (QED) is 0.536. The molecule has 0 aliphatic rings. The summed E-state index contributed by atoms with van der Waals surface area (Å²) >= 11 is 23.7. The van der Waals surface area contributed by atoms with Crippen LogP contribution < -0.4 is 0 Å². The summed E-state index contributed by atoms with van der Waals surface area (Å²) in [5.74, 6) is 0. The molecule has 0 spiro atoms. The molecule has 0 aliphatic heterocycles. The molecule has 2 aromatic carbocycles.